The zero-order valence-electron chi connectivity index (χ0n) is 13.3. The van der Waals surface area contributed by atoms with Crippen molar-refractivity contribution < 1.29 is 9.53 Å². The lowest BCUT2D eigenvalue weighted by Crippen LogP contribution is -2.41. The van der Waals surface area contributed by atoms with Crippen molar-refractivity contribution in [2.45, 2.75) is 65.3 Å². The van der Waals surface area contributed by atoms with Crippen molar-refractivity contribution in [3.8, 4) is 0 Å². The van der Waals surface area contributed by atoms with Gasteiger partial charge in [0.1, 0.15) is 0 Å². The van der Waals surface area contributed by atoms with Gasteiger partial charge in [0.2, 0.25) is 0 Å². The van der Waals surface area contributed by atoms with Gasteiger partial charge in [-0.05, 0) is 30.5 Å². The standard InChI is InChI=1S/C15H32O2Si/c1-9-13(14(16)12(2)3)10-11-17-18(7,8)15(4,5)6/h9,12-14,16H,1,10-11H2,2-8H3/t13-,14+/m0/s1. The summed E-state index contributed by atoms with van der Waals surface area (Å²) >= 11 is 0. The summed E-state index contributed by atoms with van der Waals surface area (Å²) in [6.07, 6.45) is 2.40. The molecule has 0 saturated heterocycles. The van der Waals surface area contributed by atoms with E-state index in [2.05, 4.69) is 40.4 Å². The van der Waals surface area contributed by atoms with Crippen LogP contribution in [0.25, 0.3) is 0 Å². The molecular weight excluding hydrogens is 240 g/mol. The fraction of sp³-hybridized carbons (Fsp3) is 0.867. The Kier molecular flexibility index (Phi) is 6.83. The molecule has 1 N–H and O–H groups in total. The molecule has 0 bridgehead atoms. The second-order valence-electron chi connectivity index (χ2n) is 7.03. The molecule has 108 valence electrons. The highest BCUT2D eigenvalue weighted by molar-refractivity contribution is 6.74. The zero-order valence-corrected chi connectivity index (χ0v) is 14.3. The van der Waals surface area contributed by atoms with E-state index < -0.39 is 8.32 Å². The fourth-order valence-corrected chi connectivity index (χ4v) is 2.65. The van der Waals surface area contributed by atoms with Crippen LogP contribution in [0, 0.1) is 11.8 Å². The van der Waals surface area contributed by atoms with Crippen LogP contribution in [0.2, 0.25) is 18.1 Å². The first-order valence-electron chi connectivity index (χ1n) is 6.97. The summed E-state index contributed by atoms with van der Waals surface area (Å²) < 4.78 is 6.14. The Bertz CT molecular complexity index is 254. The summed E-state index contributed by atoms with van der Waals surface area (Å²) in [6, 6.07) is 0. The predicted octanol–water partition coefficient (Wildman–Crippen LogP) is 4.22. The molecule has 0 aliphatic carbocycles. The van der Waals surface area contributed by atoms with E-state index in [1.807, 2.05) is 19.9 Å². The van der Waals surface area contributed by atoms with Crippen LogP contribution in [0.4, 0.5) is 0 Å². The van der Waals surface area contributed by atoms with E-state index in [0.717, 1.165) is 13.0 Å². The Morgan fingerprint density at radius 2 is 1.78 bits per heavy atom. The molecule has 0 radical (unpaired) electrons. The minimum Gasteiger partial charge on any atom is -0.417 e. The maximum atomic E-state index is 10.1. The first-order chi connectivity index (χ1) is 8.03. The van der Waals surface area contributed by atoms with Gasteiger partial charge in [-0.2, -0.15) is 0 Å². The third kappa shape index (κ3) is 5.25. The molecule has 18 heavy (non-hydrogen) atoms. The molecule has 2 nitrogen and oxygen atoms in total. The van der Waals surface area contributed by atoms with Gasteiger partial charge in [0, 0.05) is 12.5 Å². The highest BCUT2D eigenvalue weighted by Gasteiger charge is 2.37. The van der Waals surface area contributed by atoms with Crippen molar-refractivity contribution in [2.24, 2.45) is 11.8 Å². The summed E-state index contributed by atoms with van der Waals surface area (Å²) in [6.45, 7) is 19.9. The van der Waals surface area contributed by atoms with Gasteiger partial charge < -0.3 is 9.53 Å². The Morgan fingerprint density at radius 1 is 1.28 bits per heavy atom. The molecule has 2 atom stereocenters. The van der Waals surface area contributed by atoms with E-state index in [4.69, 9.17) is 4.43 Å². The van der Waals surface area contributed by atoms with Crippen LogP contribution in [0.15, 0.2) is 12.7 Å². The minimum absolute atomic E-state index is 0.134. The van der Waals surface area contributed by atoms with Gasteiger partial charge in [0.05, 0.1) is 6.10 Å². The molecule has 0 heterocycles. The van der Waals surface area contributed by atoms with E-state index in [1.165, 1.54) is 0 Å². The van der Waals surface area contributed by atoms with Crippen molar-refractivity contribution in [1.29, 1.82) is 0 Å². The summed E-state index contributed by atoms with van der Waals surface area (Å²) in [7, 11) is -1.66. The maximum Gasteiger partial charge on any atom is 0.191 e. The molecule has 3 heteroatoms. The number of aliphatic hydroxyl groups excluding tert-OH is 1. The molecule has 0 aromatic heterocycles. The van der Waals surface area contributed by atoms with E-state index in [-0.39, 0.29) is 23.0 Å². The van der Waals surface area contributed by atoms with E-state index in [9.17, 15) is 5.11 Å². The van der Waals surface area contributed by atoms with Gasteiger partial charge in [-0.3, -0.25) is 0 Å². The number of hydrogen-bond donors (Lipinski definition) is 1. The molecule has 0 saturated carbocycles. The van der Waals surface area contributed by atoms with Gasteiger partial charge in [-0.15, -0.1) is 6.58 Å². The average Bonchev–Trinajstić information content (AvgIpc) is 2.21. The van der Waals surface area contributed by atoms with Crippen LogP contribution in [0.3, 0.4) is 0 Å². The van der Waals surface area contributed by atoms with Crippen LogP contribution in [-0.2, 0) is 4.43 Å². The van der Waals surface area contributed by atoms with Gasteiger partial charge in [0.25, 0.3) is 0 Å². The van der Waals surface area contributed by atoms with Gasteiger partial charge >= 0.3 is 0 Å². The van der Waals surface area contributed by atoms with E-state index >= 15 is 0 Å². The molecule has 0 aromatic rings. The first-order valence-corrected chi connectivity index (χ1v) is 9.88. The number of hydrogen-bond acceptors (Lipinski definition) is 2. The average molecular weight is 273 g/mol. The maximum absolute atomic E-state index is 10.1. The first kappa shape index (κ1) is 17.9. The van der Waals surface area contributed by atoms with Crippen LogP contribution >= 0.6 is 0 Å². The van der Waals surface area contributed by atoms with E-state index in [1.54, 1.807) is 0 Å². The van der Waals surface area contributed by atoms with Gasteiger partial charge in [0.15, 0.2) is 8.32 Å². The highest BCUT2D eigenvalue weighted by Crippen LogP contribution is 2.36. The van der Waals surface area contributed by atoms with Crippen LogP contribution in [0.1, 0.15) is 41.0 Å². The van der Waals surface area contributed by atoms with Crippen molar-refractivity contribution >= 4 is 8.32 Å². The highest BCUT2D eigenvalue weighted by atomic mass is 28.4. The largest absolute Gasteiger partial charge is 0.417 e. The van der Waals surface area contributed by atoms with Crippen LogP contribution in [-0.4, -0.2) is 26.1 Å². The number of rotatable bonds is 7. The second kappa shape index (κ2) is 6.87. The lowest BCUT2D eigenvalue weighted by Gasteiger charge is -2.36. The van der Waals surface area contributed by atoms with Crippen molar-refractivity contribution in [1.82, 2.24) is 0 Å². The lowest BCUT2D eigenvalue weighted by molar-refractivity contribution is 0.0728. The quantitative estimate of drug-likeness (QED) is 0.555. The van der Waals surface area contributed by atoms with Gasteiger partial charge in [-0.1, -0.05) is 40.7 Å². The van der Waals surface area contributed by atoms with Crippen molar-refractivity contribution in [3.05, 3.63) is 12.7 Å². The van der Waals surface area contributed by atoms with Crippen LogP contribution < -0.4 is 0 Å². The molecule has 0 unspecified atom stereocenters. The molecular formula is C15H32O2Si. The number of aliphatic hydroxyl groups is 1. The Balaban J connectivity index is 4.29. The second-order valence-corrected chi connectivity index (χ2v) is 11.8. The van der Waals surface area contributed by atoms with Crippen molar-refractivity contribution in [3.63, 3.8) is 0 Å². The fourth-order valence-electron chi connectivity index (χ4n) is 1.59. The summed E-state index contributed by atoms with van der Waals surface area (Å²) in [5.74, 6) is 0.399. The molecule has 0 spiro atoms. The topological polar surface area (TPSA) is 29.5 Å². The monoisotopic (exact) mass is 272 g/mol. The molecule has 0 aliphatic heterocycles. The smallest absolute Gasteiger partial charge is 0.191 e. The SMILES string of the molecule is C=C[C@@H](CCO[Si](C)(C)C(C)(C)C)[C@H](O)C(C)C. The molecule has 0 fully saturated rings. The third-order valence-corrected chi connectivity index (χ3v) is 8.68. The normalized spacial score (nSPS) is 16.7. The Labute approximate surface area is 115 Å². The molecule has 0 aliphatic rings. The molecule has 0 aromatic carbocycles. The summed E-state index contributed by atoms with van der Waals surface area (Å²) in [5, 5.41) is 10.3. The van der Waals surface area contributed by atoms with E-state index in [0.29, 0.717) is 0 Å². The molecule has 0 amide bonds. The van der Waals surface area contributed by atoms with Crippen LogP contribution in [0.5, 0.6) is 0 Å². The Morgan fingerprint density at radius 3 is 2.11 bits per heavy atom. The summed E-state index contributed by atoms with van der Waals surface area (Å²) in [4.78, 5) is 0. The summed E-state index contributed by atoms with van der Waals surface area (Å²) in [5.41, 5.74) is 0. The predicted molar refractivity (Wildman–Crippen MR) is 82.3 cm³/mol. The zero-order chi connectivity index (χ0) is 14.6. The van der Waals surface area contributed by atoms with Crippen molar-refractivity contribution in [2.75, 3.05) is 6.61 Å². The molecule has 0 rings (SSSR count). The Hall–Kier alpha value is -0.123. The minimum atomic E-state index is -1.66. The lowest BCUT2D eigenvalue weighted by atomic mass is 9.91. The third-order valence-electron chi connectivity index (χ3n) is 4.14. The van der Waals surface area contributed by atoms with Gasteiger partial charge in [-0.25, -0.2) is 0 Å².